The minimum absolute atomic E-state index is 0.0334. The molecule has 1 N–H and O–H groups in total. The smallest absolute Gasteiger partial charge is 0.261 e. The molecule has 0 aliphatic carbocycles. The number of fused-ring (bicyclic) bond motifs is 2. The van der Waals surface area contributed by atoms with Gasteiger partial charge < -0.3 is 10.0 Å². The normalized spacial score (nSPS) is 19.3. The summed E-state index contributed by atoms with van der Waals surface area (Å²) in [5.74, 6) is 0.868. The molecule has 2 aliphatic rings. The molecule has 5 rings (SSSR count). The Morgan fingerprint density at radius 1 is 1.06 bits per heavy atom. The SMILES string of the molecule is O=C(c1ccc2c(=O)n3c(nc2c1)CCN(Cc1ccccc1)CC3)N1CCCC(CO)C1. The van der Waals surface area contributed by atoms with E-state index in [9.17, 15) is 14.7 Å². The van der Waals surface area contributed by atoms with Gasteiger partial charge >= 0.3 is 0 Å². The number of hydrogen-bond donors (Lipinski definition) is 1. The Labute approximate surface area is 193 Å². The summed E-state index contributed by atoms with van der Waals surface area (Å²) in [6, 6.07) is 15.6. The third-order valence-corrected chi connectivity index (χ3v) is 6.89. The highest BCUT2D eigenvalue weighted by atomic mass is 16.3. The first-order valence-electron chi connectivity index (χ1n) is 11.8. The zero-order chi connectivity index (χ0) is 22.8. The van der Waals surface area contributed by atoms with Crippen LogP contribution in [0.2, 0.25) is 0 Å². The van der Waals surface area contributed by atoms with Crippen molar-refractivity contribution in [2.75, 3.05) is 32.8 Å². The number of piperidine rings is 1. The van der Waals surface area contributed by atoms with Crippen LogP contribution in [0.15, 0.2) is 53.3 Å². The minimum atomic E-state index is -0.0547. The lowest BCUT2D eigenvalue weighted by Crippen LogP contribution is -2.41. The average molecular weight is 447 g/mol. The number of carbonyl (C=O) groups is 1. The van der Waals surface area contributed by atoms with Gasteiger partial charge in [-0.3, -0.25) is 19.1 Å². The van der Waals surface area contributed by atoms with Gasteiger partial charge in [-0.15, -0.1) is 0 Å². The number of aliphatic hydroxyl groups is 1. The van der Waals surface area contributed by atoms with Crippen LogP contribution in [-0.4, -0.2) is 63.2 Å². The van der Waals surface area contributed by atoms with E-state index in [0.29, 0.717) is 42.5 Å². The van der Waals surface area contributed by atoms with Gasteiger partial charge in [-0.05, 0) is 42.5 Å². The molecule has 172 valence electrons. The van der Waals surface area contributed by atoms with Crippen molar-refractivity contribution in [3.8, 4) is 0 Å². The summed E-state index contributed by atoms with van der Waals surface area (Å²) >= 11 is 0. The summed E-state index contributed by atoms with van der Waals surface area (Å²) in [5, 5.41) is 10.0. The highest BCUT2D eigenvalue weighted by Crippen LogP contribution is 2.20. The molecule has 1 aromatic heterocycles. The highest BCUT2D eigenvalue weighted by molar-refractivity contribution is 5.97. The summed E-state index contributed by atoms with van der Waals surface area (Å²) in [4.78, 5) is 35.3. The van der Waals surface area contributed by atoms with E-state index < -0.39 is 0 Å². The molecule has 1 unspecified atom stereocenters. The number of benzene rings is 2. The lowest BCUT2D eigenvalue weighted by molar-refractivity contribution is 0.0621. The fraction of sp³-hybridized carbons (Fsp3) is 0.423. The Bertz CT molecular complexity index is 1210. The highest BCUT2D eigenvalue weighted by Gasteiger charge is 2.25. The molecular weight excluding hydrogens is 416 g/mol. The van der Waals surface area contributed by atoms with Gasteiger partial charge in [0.15, 0.2) is 0 Å². The molecule has 1 saturated heterocycles. The van der Waals surface area contributed by atoms with Crippen LogP contribution in [0.4, 0.5) is 0 Å². The van der Waals surface area contributed by atoms with Crippen molar-refractivity contribution in [3.63, 3.8) is 0 Å². The lowest BCUT2D eigenvalue weighted by atomic mass is 9.98. The van der Waals surface area contributed by atoms with Crippen molar-refractivity contribution in [2.24, 2.45) is 5.92 Å². The molecule has 7 nitrogen and oxygen atoms in total. The zero-order valence-corrected chi connectivity index (χ0v) is 18.8. The Kier molecular flexibility index (Phi) is 6.24. The first kappa shape index (κ1) is 21.8. The molecule has 0 saturated carbocycles. The first-order valence-corrected chi connectivity index (χ1v) is 11.8. The quantitative estimate of drug-likeness (QED) is 0.665. The standard InChI is InChI=1S/C26H30N4O3/c31-18-20-7-4-11-29(17-20)25(32)21-8-9-22-23(15-21)27-24-10-12-28(13-14-30(24)26(22)33)16-19-5-2-1-3-6-19/h1-3,5-6,8-9,15,20,31H,4,7,10-14,16-18H2. The lowest BCUT2D eigenvalue weighted by Gasteiger charge is -2.32. The van der Waals surface area contributed by atoms with Gasteiger partial charge in [0, 0.05) is 57.9 Å². The maximum atomic E-state index is 13.2. The molecule has 0 radical (unpaired) electrons. The number of nitrogens with zero attached hydrogens (tertiary/aromatic N) is 4. The van der Waals surface area contributed by atoms with Crippen LogP contribution >= 0.6 is 0 Å². The maximum Gasteiger partial charge on any atom is 0.261 e. The topological polar surface area (TPSA) is 78.7 Å². The molecule has 1 atom stereocenters. The van der Waals surface area contributed by atoms with Gasteiger partial charge in [-0.25, -0.2) is 4.98 Å². The molecule has 2 aromatic carbocycles. The third kappa shape index (κ3) is 4.56. The molecule has 0 bridgehead atoms. The van der Waals surface area contributed by atoms with Crippen molar-refractivity contribution in [3.05, 3.63) is 75.8 Å². The number of carbonyl (C=O) groups excluding carboxylic acids is 1. The van der Waals surface area contributed by atoms with Gasteiger partial charge in [-0.1, -0.05) is 30.3 Å². The Morgan fingerprint density at radius 3 is 2.73 bits per heavy atom. The molecule has 1 fully saturated rings. The predicted molar refractivity (Wildman–Crippen MR) is 127 cm³/mol. The van der Waals surface area contributed by atoms with Crippen molar-refractivity contribution in [1.29, 1.82) is 0 Å². The molecule has 3 heterocycles. The predicted octanol–water partition coefficient (Wildman–Crippen LogP) is 2.30. The van der Waals surface area contributed by atoms with Gasteiger partial charge in [0.1, 0.15) is 5.82 Å². The van der Waals surface area contributed by atoms with Crippen molar-refractivity contribution < 1.29 is 9.90 Å². The molecular formula is C26H30N4O3. The van der Waals surface area contributed by atoms with E-state index in [0.717, 1.165) is 38.3 Å². The average Bonchev–Trinajstić information content (AvgIpc) is 3.06. The summed E-state index contributed by atoms with van der Waals surface area (Å²) in [7, 11) is 0. The molecule has 33 heavy (non-hydrogen) atoms. The van der Waals surface area contributed by atoms with Crippen LogP contribution in [0.25, 0.3) is 10.9 Å². The number of aromatic nitrogens is 2. The molecule has 0 spiro atoms. The largest absolute Gasteiger partial charge is 0.396 e. The Morgan fingerprint density at radius 2 is 1.91 bits per heavy atom. The van der Waals surface area contributed by atoms with Crippen molar-refractivity contribution >= 4 is 16.8 Å². The van der Waals surface area contributed by atoms with Gasteiger partial charge in [0.05, 0.1) is 10.9 Å². The third-order valence-electron chi connectivity index (χ3n) is 6.89. The Balaban J connectivity index is 1.38. The molecule has 7 heteroatoms. The molecule has 1 amide bonds. The van der Waals surface area contributed by atoms with Crippen LogP contribution in [0, 0.1) is 5.92 Å². The second kappa shape index (κ2) is 9.45. The van der Waals surface area contributed by atoms with E-state index in [1.54, 1.807) is 22.8 Å². The molecule has 3 aromatic rings. The van der Waals surface area contributed by atoms with E-state index in [1.807, 2.05) is 23.1 Å². The van der Waals surface area contributed by atoms with E-state index in [4.69, 9.17) is 4.98 Å². The fourth-order valence-electron chi connectivity index (χ4n) is 5.01. The number of likely N-dealkylation sites (tertiary alicyclic amines) is 1. The van der Waals surface area contributed by atoms with E-state index >= 15 is 0 Å². The summed E-state index contributed by atoms with van der Waals surface area (Å²) in [6.45, 7) is 4.48. The van der Waals surface area contributed by atoms with E-state index in [-0.39, 0.29) is 24.0 Å². The number of hydrogen-bond acceptors (Lipinski definition) is 5. The maximum absolute atomic E-state index is 13.2. The molecule has 2 aliphatic heterocycles. The van der Waals surface area contributed by atoms with E-state index in [1.165, 1.54) is 5.56 Å². The number of aliphatic hydroxyl groups excluding tert-OH is 1. The van der Waals surface area contributed by atoms with Crippen molar-refractivity contribution in [1.82, 2.24) is 19.4 Å². The monoisotopic (exact) mass is 446 g/mol. The van der Waals surface area contributed by atoms with Crippen LogP contribution in [0.5, 0.6) is 0 Å². The Hall–Kier alpha value is -3.03. The van der Waals surface area contributed by atoms with Crippen LogP contribution in [-0.2, 0) is 19.5 Å². The summed E-state index contributed by atoms with van der Waals surface area (Å²) < 4.78 is 1.80. The van der Waals surface area contributed by atoms with Crippen LogP contribution in [0.1, 0.15) is 34.6 Å². The van der Waals surface area contributed by atoms with Gasteiger partial charge in [0.2, 0.25) is 0 Å². The summed E-state index contributed by atoms with van der Waals surface area (Å²) in [5.41, 5.74) is 2.37. The van der Waals surface area contributed by atoms with Gasteiger partial charge in [-0.2, -0.15) is 0 Å². The van der Waals surface area contributed by atoms with Crippen LogP contribution in [0.3, 0.4) is 0 Å². The van der Waals surface area contributed by atoms with Gasteiger partial charge in [0.25, 0.3) is 11.5 Å². The van der Waals surface area contributed by atoms with E-state index in [2.05, 4.69) is 17.0 Å². The van der Waals surface area contributed by atoms with Crippen LogP contribution < -0.4 is 5.56 Å². The second-order valence-corrected chi connectivity index (χ2v) is 9.17. The fourth-order valence-corrected chi connectivity index (χ4v) is 5.01. The summed E-state index contributed by atoms with van der Waals surface area (Å²) in [6.07, 6.45) is 2.54. The number of rotatable bonds is 4. The first-order chi connectivity index (χ1) is 16.1. The number of amides is 1. The minimum Gasteiger partial charge on any atom is -0.396 e. The van der Waals surface area contributed by atoms with Crippen molar-refractivity contribution in [2.45, 2.75) is 32.4 Å². The second-order valence-electron chi connectivity index (χ2n) is 9.17. The zero-order valence-electron chi connectivity index (χ0n) is 18.8.